The van der Waals surface area contributed by atoms with Gasteiger partial charge in [-0.15, -0.1) is 0 Å². The number of nitrogens with one attached hydrogen (secondary N) is 1. The first-order valence-corrected chi connectivity index (χ1v) is 7.35. The predicted molar refractivity (Wildman–Crippen MR) is 79.6 cm³/mol. The fraction of sp³-hybridized carbons (Fsp3) is 0.250. The van der Waals surface area contributed by atoms with Crippen LogP contribution in [0.15, 0.2) is 34.8 Å². The minimum atomic E-state index is -0.536. The zero-order chi connectivity index (χ0) is 14.3. The highest BCUT2D eigenvalue weighted by atomic mass is 79.9. The predicted octanol–water partition coefficient (Wildman–Crippen LogP) is 4.60. The Bertz CT molecular complexity index is 670. The molecule has 0 amide bonds. The van der Waals surface area contributed by atoms with Gasteiger partial charge >= 0.3 is 0 Å². The maximum absolute atomic E-state index is 14.3. The van der Waals surface area contributed by atoms with Crippen LogP contribution in [0.4, 0.5) is 8.78 Å². The highest BCUT2D eigenvalue weighted by molar-refractivity contribution is 9.10. The smallest absolute Gasteiger partial charge is 0.148 e. The Morgan fingerprint density at radius 1 is 1.20 bits per heavy atom. The molecule has 0 radical (unpaired) electrons. The van der Waals surface area contributed by atoms with Gasteiger partial charge in [0.1, 0.15) is 11.6 Å². The molecule has 0 aliphatic heterocycles. The van der Waals surface area contributed by atoms with Crippen molar-refractivity contribution in [3.8, 4) is 11.1 Å². The van der Waals surface area contributed by atoms with Crippen LogP contribution >= 0.6 is 15.9 Å². The standard InChI is InChI=1S/C16H14BrF2N/c1-20-14-8-5-9-10(14)3-2-4-11(9)15-13(18)7-6-12(17)16(15)19/h2-4,6-7,14,20H,5,8H2,1H3. The van der Waals surface area contributed by atoms with E-state index >= 15 is 0 Å². The first kappa shape index (κ1) is 13.7. The van der Waals surface area contributed by atoms with E-state index in [0.717, 1.165) is 24.0 Å². The molecule has 3 rings (SSSR count). The lowest BCUT2D eigenvalue weighted by Crippen LogP contribution is -2.12. The molecule has 1 unspecified atom stereocenters. The second-order valence-corrected chi connectivity index (χ2v) is 5.83. The van der Waals surface area contributed by atoms with E-state index in [1.807, 2.05) is 19.2 Å². The Morgan fingerprint density at radius 2 is 2.00 bits per heavy atom. The van der Waals surface area contributed by atoms with Crippen molar-refractivity contribution in [1.29, 1.82) is 0 Å². The van der Waals surface area contributed by atoms with Gasteiger partial charge in [-0.3, -0.25) is 0 Å². The molecule has 1 nitrogen and oxygen atoms in total. The number of rotatable bonds is 2. The number of halogens is 3. The lowest BCUT2D eigenvalue weighted by molar-refractivity contribution is 0.585. The second-order valence-electron chi connectivity index (χ2n) is 4.97. The Balaban J connectivity index is 2.23. The second kappa shape index (κ2) is 5.26. The van der Waals surface area contributed by atoms with Gasteiger partial charge in [0.25, 0.3) is 0 Å². The third-order valence-corrected chi connectivity index (χ3v) is 4.54. The average Bonchev–Trinajstić information content (AvgIpc) is 2.87. The van der Waals surface area contributed by atoms with Crippen molar-refractivity contribution in [2.75, 3.05) is 7.05 Å². The first-order chi connectivity index (χ1) is 9.63. The monoisotopic (exact) mass is 337 g/mol. The zero-order valence-electron chi connectivity index (χ0n) is 11.0. The van der Waals surface area contributed by atoms with Crippen LogP contribution in [0.5, 0.6) is 0 Å². The molecule has 1 N–H and O–H groups in total. The third-order valence-electron chi connectivity index (χ3n) is 3.93. The summed E-state index contributed by atoms with van der Waals surface area (Å²) in [6, 6.07) is 8.65. The van der Waals surface area contributed by atoms with Crippen molar-refractivity contribution < 1.29 is 8.78 Å². The van der Waals surface area contributed by atoms with Gasteiger partial charge < -0.3 is 5.32 Å². The molecule has 0 saturated carbocycles. The number of fused-ring (bicyclic) bond motifs is 1. The normalized spacial score (nSPS) is 17.3. The van der Waals surface area contributed by atoms with Crippen LogP contribution in [-0.2, 0) is 6.42 Å². The molecule has 0 bridgehead atoms. The summed E-state index contributed by atoms with van der Waals surface area (Å²) in [4.78, 5) is 0. The minimum absolute atomic E-state index is 0.0629. The Hall–Kier alpha value is -1.26. The van der Waals surface area contributed by atoms with E-state index in [2.05, 4.69) is 21.2 Å². The molecule has 4 heteroatoms. The summed E-state index contributed by atoms with van der Waals surface area (Å²) in [5, 5.41) is 3.24. The summed E-state index contributed by atoms with van der Waals surface area (Å²) in [7, 11) is 1.91. The van der Waals surface area contributed by atoms with Crippen LogP contribution in [0.2, 0.25) is 0 Å². The minimum Gasteiger partial charge on any atom is -0.313 e. The molecule has 0 heterocycles. The van der Waals surface area contributed by atoms with Gasteiger partial charge in [0, 0.05) is 6.04 Å². The van der Waals surface area contributed by atoms with Gasteiger partial charge in [-0.2, -0.15) is 0 Å². The lowest BCUT2D eigenvalue weighted by Gasteiger charge is -2.13. The molecular formula is C16H14BrF2N. The van der Waals surface area contributed by atoms with E-state index in [0.29, 0.717) is 5.56 Å². The van der Waals surface area contributed by atoms with E-state index < -0.39 is 11.6 Å². The van der Waals surface area contributed by atoms with Crippen molar-refractivity contribution >= 4 is 15.9 Å². The van der Waals surface area contributed by atoms with Crippen LogP contribution in [0.3, 0.4) is 0 Å². The summed E-state index contributed by atoms with van der Waals surface area (Å²) in [5.74, 6) is -1.06. The fourth-order valence-corrected chi connectivity index (χ4v) is 3.29. The summed E-state index contributed by atoms with van der Waals surface area (Å²) >= 11 is 3.13. The molecule has 1 atom stereocenters. The van der Waals surface area contributed by atoms with E-state index in [-0.39, 0.29) is 16.1 Å². The van der Waals surface area contributed by atoms with Gasteiger partial charge in [-0.25, -0.2) is 8.78 Å². The van der Waals surface area contributed by atoms with Gasteiger partial charge in [-0.1, -0.05) is 18.2 Å². The molecular weight excluding hydrogens is 324 g/mol. The van der Waals surface area contributed by atoms with Crippen molar-refractivity contribution in [1.82, 2.24) is 5.32 Å². The summed E-state index contributed by atoms with van der Waals surface area (Å²) in [6.45, 7) is 0. The number of hydrogen-bond acceptors (Lipinski definition) is 1. The maximum Gasteiger partial charge on any atom is 0.148 e. The summed E-state index contributed by atoms with van der Waals surface area (Å²) in [5.41, 5.74) is 2.91. The maximum atomic E-state index is 14.3. The lowest BCUT2D eigenvalue weighted by atomic mass is 9.95. The molecule has 0 fully saturated rings. The molecule has 104 valence electrons. The third kappa shape index (κ3) is 2.07. The van der Waals surface area contributed by atoms with E-state index in [9.17, 15) is 8.78 Å². The van der Waals surface area contributed by atoms with Crippen molar-refractivity contribution in [2.45, 2.75) is 18.9 Å². The van der Waals surface area contributed by atoms with E-state index in [4.69, 9.17) is 0 Å². The van der Waals surface area contributed by atoms with E-state index in [1.165, 1.54) is 12.1 Å². The molecule has 1 aliphatic carbocycles. The zero-order valence-corrected chi connectivity index (χ0v) is 12.6. The molecule has 2 aromatic rings. The highest BCUT2D eigenvalue weighted by Crippen LogP contribution is 2.40. The quantitative estimate of drug-likeness (QED) is 0.789. The fourth-order valence-electron chi connectivity index (χ4n) is 2.96. The summed E-state index contributed by atoms with van der Waals surface area (Å²) < 4.78 is 28.7. The Labute approximate surface area is 125 Å². The molecule has 2 aromatic carbocycles. The first-order valence-electron chi connectivity index (χ1n) is 6.56. The molecule has 0 saturated heterocycles. The van der Waals surface area contributed by atoms with Gasteiger partial charge in [0.05, 0.1) is 10.0 Å². The van der Waals surface area contributed by atoms with Crippen LogP contribution in [0.1, 0.15) is 23.6 Å². The Morgan fingerprint density at radius 3 is 2.75 bits per heavy atom. The van der Waals surface area contributed by atoms with Crippen LogP contribution in [0, 0.1) is 11.6 Å². The van der Waals surface area contributed by atoms with Crippen LogP contribution < -0.4 is 5.32 Å². The average molecular weight is 338 g/mol. The number of benzene rings is 2. The Kier molecular flexibility index (Phi) is 3.61. The van der Waals surface area contributed by atoms with Gasteiger partial charge in [0.2, 0.25) is 0 Å². The van der Waals surface area contributed by atoms with Crippen LogP contribution in [-0.4, -0.2) is 7.05 Å². The SMILES string of the molecule is CNC1CCc2c(-c3c(F)ccc(Br)c3F)cccc21. The van der Waals surface area contributed by atoms with E-state index in [1.54, 1.807) is 6.07 Å². The highest BCUT2D eigenvalue weighted by Gasteiger charge is 2.26. The number of hydrogen-bond donors (Lipinski definition) is 1. The van der Waals surface area contributed by atoms with Crippen molar-refractivity contribution in [2.24, 2.45) is 0 Å². The summed E-state index contributed by atoms with van der Waals surface area (Å²) in [6.07, 6.45) is 1.79. The molecule has 0 aromatic heterocycles. The molecule has 1 aliphatic rings. The van der Waals surface area contributed by atoms with Crippen LogP contribution in [0.25, 0.3) is 11.1 Å². The molecule has 20 heavy (non-hydrogen) atoms. The van der Waals surface area contributed by atoms with Gasteiger partial charge in [0.15, 0.2) is 0 Å². The van der Waals surface area contributed by atoms with Crippen molar-refractivity contribution in [3.05, 3.63) is 57.6 Å². The largest absolute Gasteiger partial charge is 0.313 e. The van der Waals surface area contributed by atoms with Gasteiger partial charge in [-0.05, 0) is 64.6 Å². The topological polar surface area (TPSA) is 12.0 Å². The van der Waals surface area contributed by atoms with Crippen molar-refractivity contribution in [3.63, 3.8) is 0 Å². The molecule has 0 spiro atoms.